The van der Waals surface area contributed by atoms with Gasteiger partial charge in [0.15, 0.2) is 0 Å². The third kappa shape index (κ3) is 27.0. The van der Waals surface area contributed by atoms with Crippen molar-refractivity contribution in [1.29, 1.82) is 0 Å². The van der Waals surface area contributed by atoms with Gasteiger partial charge in [-0.1, -0.05) is 70.2 Å². The molecule has 30 heteroatoms. The summed E-state index contributed by atoms with van der Waals surface area (Å²) in [6.45, 7) is 6.51. The lowest BCUT2D eigenvalue weighted by molar-refractivity contribution is -0.144. The van der Waals surface area contributed by atoms with E-state index in [0.717, 1.165) is 0 Å². The molecule has 2 aromatic carbocycles. The summed E-state index contributed by atoms with van der Waals surface area (Å²) in [5.74, 6) is -18.6. The number of carbonyl (C=O) groups is 14. The Labute approximate surface area is 481 Å². The van der Waals surface area contributed by atoms with E-state index in [0.29, 0.717) is 5.56 Å². The Morgan fingerprint density at radius 3 is 1.01 bits per heavy atom. The first kappa shape index (κ1) is 70.9. The number of amides is 8. The maximum Gasteiger partial charge on any atom is 0.326 e. The monoisotopic (exact) mass is 1190 g/mol. The van der Waals surface area contributed by atoms with Crippen molar-refractivity contribution in [2.24, 2.45) is 17.6 Å². The van der Waals surface area contributed by atoms with Crippen LogP contribution in [-0.2, 0) is 80.0 Å². The lowest BCUT2D eigenvalue weighted by Crippen LogP contribution is -2.61. The molecule has 0 saturated heterocycles. The summed E-state index contributed by atoms with van der Waals surface area (Å²) in [4.78, 5) is 182. The van der Waals surface area contributed by atoms with Crippen LogP contribution in [0.25, 0.3) is 0 Å². The lowest BCUT2D eigenvalue weighted by atomic mass is 9.99. The van der Waals surface area contributed by atoms with Crippen molar-refractivity contribution in [1.82, 2.24) is 42.5 Å². The van der Waals surface area contributed by atoms with E-state index in [-0.39, 0.29) is 30.1 Å². The van der Waals surface area contributed by atoms with Crippen LogP contribution in [0.2, 0.25) is 0 Å². The van der Waals surface area contributed by atoms with E-state index in [1.165, 1.54) is 24.3 Å². The van der Waals surface area contributed by atoms with Crippen LogP contribution >= 0.6 is 0 Å². The zero-order valence-corrected chi connectivity index (χ0v) is 46.7. The minimum Gasteiger partial charge on any atom is -0.508 e. The normalized spacial score (nSPS) is 14.2. The molecule has 462 valence electrons. The zero-order valence-electron chi connectivity index (χ0n) is 46.7. The van der Waals surface area contributed by atoms with Gasteiger partial charge in [-0.25, -0.2) is 4.79 Å². The maximum absolute atomic E-state index is 14.6. The fourth-order valence-electron chi connectivity index (χ4n) is 8.08. The van der Waals surface area contributed by atoms with Crippen molar-refractivity contribution in [3.8, 4) is 5.75 Å². The minimum absolute atomic E-state index is 0.0293. The molecule has 17 N–H and O–H groups in total. The smallest absolute Gasteiger partial charge is 0.326 e. The van der Waals surface area contributed by atoms with Crippen LogP contribution in [0.3, 0.4) is 0 Å². The van der Waals surface area contributed by atoms with Gasteiger partial charge in [0.05, 0.1) is 6.04 Å². The Bertz CT molecular complexity index is 2650. The van der Waals surface area contributed by atoms with Crippen LogP contribution < -0.4 is 48.3 Å². The molecule has 0 unspecified atom stereocenters. The van der Waals surface area contributed by atoms with Gasteiger partial charge in [0.25, 0.3) is 0 Å². The Morgan fingerprint density at radius 1 is 0.381 bits per heavy atom. The van der Waals surface area contributed by atoms with Crippen LogP contribution in [0, 0.1) is 11.8 Å². The number of hydrogen-bond donors (Lipinski definition) is 16. The van der Waals surface area contributed by atoms with Crippen molar-refractivity contribution in [2.45, 2.75) is 166 Å². The lowest BCUT2D eigenvalue weighted by Gasteiger charge is -2.28. The van der Waals surface area contributed by atoms with E-state index in [1.807, 2.05) is 0 Å². The number of aromatic hydroxyl groups is 1. The number of carbonyl (C=O) groups excluding carboxylic acids is 8. The van der Waals surface area contributed by atoms with Crippen molar-refractivity contribution in [3.05, 3.63) is 65.7 Å². The number of phenolic OH excluding ortho intramolecular Hbond substituents is 1. The predicted molar refractivity (Wildman–Crippen MR) is 292 cm³/mol. The molecule has 30 nitrogen and oxygen atoms in total. The van der Waals surface area contributed by atoms with Gasteiger partial charge < -0.3 is 84.0 Å². The van der Waals surface area contributed by atoms with Crippen LogP contribution in [0.5, 0.6) is 5.75 Å². The molecule has 8 amide bonds. The highest BCUT2D eigenvalue weighted by Gasteiger charge is 2.36. The van der Waals surface area contributed by atoms with Crippen LogP contribution in [-0.4, -0.2) is 173 Å². The number of benzene rings is 2. The molecule has 0 aliphatic heterocycles. The first-order valence-corrected chi connectivity index (χ1v) is 26.7. The fourth-order valence-corrected chi connectivity index (χ4v) is 8.08. The molecule has 0 aliphatic rings. The van der Waals surface area contributed by atoms with Gasteiger partial charge in [0, 0.05) is 44.9 Å². The van der Waals surface area contributed by atoms with E-state index in [1.54, 1.807) is 58.0 Å². The maximum atomic E-state index is 14.6. The van der Waals surface area contributed by atoms with Gasteiger partial charge >= 0.3 is 35.8 Å². The van der Waals surface area contributed by atoms with E-state index in [2.05, 4.69) is 42.5 Å². The summed E-state index contributed by atoms with van der Waals surface area (Å²) < 4.78 is 0. The average molecular weight is 1190 g/mol. The van der Waals surface area contributed by atoms with Gasteiger partial charge in [0.1, 0.15) is 54.1 Å². The number of aliphatic carboxylic acids is 6. The third-order valence-electron chi connectivity index (χ3n) is 12.6. The Morgan fingerprint density at radius 2 is 0.679 bits per heavy atom. The number of nitrogens with two attached hydrogens (primary N) is 1. The van der Waals surface area contributed by atoms with E-state index in [9.17, 15) is 97.8 Å². The van der Waals surface area contributed by atoms with Crippen LogP contribution in [0.15, 0.2) is 54.6 Å². The Balaban J connectivity index is 2.65. The molecule has 0 fully saturated rings. The molecule has 0 aliphatic carbocycles. The van der Waals surface area contributed by atoms with Crippen molar-refractivity contribution in [2.75, 3.05) is 0 Å². The summed E-state index contributed by atoms with van der Waals surface area (Å²) in [7, 11) is 0. The summed E-state index contributed by atoms with van der Waals surface area (Å²) in [6, 6.07) is -1.80. The first-order chi connectivity index (χ1) is 39.4. The first-order valence-electron chi connectivity index (χ1n) is 26.7. The summed E-state index contributed by atoms with van der Waals surface area (Å²) >= 11 is 0. The summed E-state index contributed by atoms with van der Waals surface area (Å²) in [6.07, 6.45) is -7.48. The highest BCUT2D eigenvalue weighted by molar-refractivity contribution is 5.98. The molecule has 0 heterocycles. The molecule has 0 saturated carbocycles. The van der Waals surface area contributed by atoms with Crippen molar-refractivity contribution in [3.63, 3.8) is 0 Å². The second-order valence-electron chi connectivity index (χ2n) is 20.5. The van der Waals surface area contributed by atoms with Crippen molar-refractivity contribution >= 4 is 83.1 Å². The van der Waals surface area contributed by atoms with Crippen LogP contribution in [0.4, 0.5) is 0 Å². The topological polar surface area (TPSA) is 503 Å². The summed E-state index contributed by atoms with van der Waals surface area (Å²) in [5.41, 5.74) is 6.45. The SMILES string of the molecule is CC(C)C[C@H](NC(=O)[C@H](CCC(=O)O)NC(=O)[C@H](Cc1ccccc1)NC(=O)[C@H](Cc1ccc(O)cc1)NC(=O)[C@H](CCC(=O)O)NC(=O)[C@H](CCC(=O)O)NC(=O)[C@H](CCC(=O)O)NC(=O)[C@@H](N)CCC(=O)O)C(=O)N[C@H](C(=O)O)C(C)C. The van der Waals surface area contributed by atoms with Gasteiger partial charge in [0.2, 0.25) is 47.3 Å². The third-order valence-corrected chi connectivity index (χ3v) is 12.6. The standard InChI is InChI=1S/C54H75N9O21/c1-27(2)24-37(53(82)63-45(28(3)4)54(83)84)60-49(78)36(18-23-44(73)74)59-51(80)38(25-29-8-6-5-7-9-29)62-52(81)39(26-30-10-12-31(64)13-11-30)61-50(79)35(17-22-43(71)72)58-48(77)34(16-21-42(69)70)57-47(76)33(15-20-41(67)68)56-46(75)32(55)14-19-40(65)66/h5-13,27-28,32-39,45,64H,14-26,55H2,1-4H3,(H,56,75)(H,57,76)(H,58,77)(H,59,80)(H,60,78)(H,61,79)(H,62,81)(H,63,82)(H,65,66)(H,67,68)(H,69,70)(H,71,72)(H,73,74)(H,83,84)/t32-,33-,34-,35-,36-,37-,38-,39-,45-/m0/s1. The van der Waals surface area contributed by atoms with E-state index >= 15 is 0 Å². The largest absolute Gasteiger partial charge is 0.508 e. The number of carboxylic acid groups (broad SMARTS) is 6. The van der Waals surface area contributed by atoms with Crippen molar-refractivity contribution < 1.29 is 103 Å². The highest BCUT2D eigenvalue weighted by Crippen LogP contribution is 2.15. The molecular formula is C54H75N9O21. The Hall–Kier alpha value is -9.22. The predicted octanol–water partition coefficient (Wildman–Crippen LogP) is -1.51. The Kier molecular flexibility index (Phi) is 30.0. The number of hydrogen-bond acceptors (Lipinski definition) is 16. The number of phenols is 1. The number of nitrogens with one attached hydrogen (secondary N) is 8. The second-order valence-corrected chi connectivity index (χ2v) is 20.5. The van der Waals surface area contributed by atoms with E-state index in [4.69, 9.17) is 10.8 Å². The molecule has 0 aromatic heterocycles. The minimum atomic E-state index is -1.92. The van der Waals surface area contributed by atoms with E-state index < -0.39 is 214 Å². The van der Waals surface area contributed by atoms with Gasteiger partial charge in [-0.3, -0.25) is 62.3 Å². The average Bonchev–Trinajstić information content (AvgIpc) is 3.60. The van der Waals surface area contributed by atoms with Gasteiger partial charge in [-0.15, -0.1) is 0 Å². The molecule has 9 atom stereocenters. The molecule has 0 bridgehead atoms. The molecule has 0 spiro atoms. The van der Waals surface area contributed by atoms with Crippen LogP contribution in [0.1, 0.15) is 109 Å². The number of carboxylic acids is 6. The summed E-state index contributed by atoms with van der Waals surface area (Å²) in [5, 5.41) is 85.8. The molecular weight excluding hydrogens is 1110 g/mol. The van der Waals surface area contributed by atoms with Gasteiger partial charge in [-0.2, -0.15) is 0 Å². The second kappa shape index (κ2) is 35.6. The molecule has 84 heavy (non-hydrogen) atoms. The molecule has 2 rings (SSSR count). The highest BCUT2D eigenvalue weighted by atomic mass is 16.4. The fraction of sp³-hybridized carbons (Fsp3) is 0.519. The number of rotatable bonds is 39. The van der Waals surface area contributed by atoms with Gasteiger partial charge in [-0.05, 0) is 73.6 Å². The molecule has 2 aromatic rings. The zero-order chi connectivity index (χ0) is 63.4. The quantitative estimate of drug-likeness (QED) is 0.0362. The molecule has 0 radical (unpaired) electrons.